The average Bonchev–Trinajstić information content (AvgIpc) is 2.54. The zero-order chi connectivity index (χ0) is 17.7. The van der Waals surface area contributed by atoms with E-state index in [0.29, 0.717) is 6.54 Å². The van der Waals surface area contributed by atoms with Crippen LogP contribution < -0.4 is 11.1 Å². The molecule has 0 saturated heterocycles. The zero-order valence-electron chi connectivity index (χ0n) is 15.6. The summed E-state index contributed by atoms with van der Waals surface area (Å²) in [6.45, 7) is 4.79. The van der Waals surface area contributed by atoms with E-state index < -0.39 is 0 Å². The van der Waals surface area contributed by atoms with Gasteiger partial charge in [-0.25, -0.2) is 0 Å². The Bertz CT molecular complexity index is 536. The second-order valence-electron chi connectivity index (χ2n) is 7.62. The van der Waals surface area contributed by atoms with Crippen LogP contribution in [-0.4, -0.2) is 37.0 Å². The molecule has 0 spiro atoms. The van der Waals surface area contributed by atoms with Gasteiger partial charge in [0.1, 0.15) is 0 Å². The number of carbonyl (C=O) groups is 1. The second kappa shape index (κ2) is 8.13. The van der Waals surface area contributed by atoms with Crippen LogP contribution in [0.3, 0.4) is 0 Å². The molecule has 4 heteroatoms. The molecule has 3 N–H and O–H groups in total. The molecule has 4 nitrogen and oxygen atoms in total. The Morgan fingerprint density at radius 3 is 2.54 bits per heavy atom. The van der Waals surface area contributed by atoms with E-state index in [1.807, 2.05) is 6.92 Å². The lowest BCUT2D eigenvalue weighted by atomic mass is 9.74. The standard InChI is InChI=1S/C20H33N3O/c1-5-15-9-11-16(12-10-15)18(23(3)4)14-22-19(24)17-8-6-7-13-20(17,2)21/h9-12,17-18H,5-8,13-14,21H2,1-4H3,(H,22,24). The van der Waals surface area contributed by atoms with Crippen molar-refractivity contribution >= 4 is 5.91 Å². The topological polar surface area (TPSA) is 58.4 Å². The number of rotatable bonds is 6. The molecule has 2 rings (SSSR count). The summed E-state index contributed by atoms with van der Waals surface area (Å²) in [5, 5.41) is 3.16. The van der Waals surface area contributed by atoms with Crippen molar-refractivity contribution in [3.63, 3.8) is 0 Å². The predicted octanol–water partition coefficient (Wildman–Crippen LogP) is 2.88. The molecule has 3 unspecified atom stereocenters. The Balaban J connectivity index is 2.01. The lowest BCUT2D eigenvalue weighted by molar-refractivity contribution is -0.128. The zero-order valence-corrected chi connectivity index (χ0v) is 15.6. The maximum Gasteiger partial charge on any atom is 0.225 e. The fraction of sp³-hybridized carbons (Fsp3) is 0.650. The van der Waals surface area contributed by atoms with Crippen molar-refractivity contribution in [1.29, 1.82) is 0 Å². The van der Waals surface area contributed by atoms with Crippen LogP contribution >= 0.6 is 0 Å². The van der Waals surface area contributed by atoms with E-state index >= 15 is 0 Å². The molecular formula is C20H33N3O. The first-order valence-corrected chi connectivity index (χ1v) is 9.17. The number of carbonyl (C=O) groups excluding carboxylic acids is 1. The molecule has 0 aromatic heterocycles. The van der Waals surface area contributed by atoms with Gasteiger partial charge in [0.2, 0.25) is 5.91 Å². The molecule has 1 aromatic rings. The van der Waals surface area contributed by atoms with Gasteiger partial charge < -0.3 is 16.0 Å². The average molecular weight is 332 g/mol. The normalized spacial score (nSPS) is 25.5. The van der Waals surface area contributed by atoms with Gasteiger partial charge in [0, 0.05) is 12.1 Å². The van der Waals surface area contributed by atoms with Crippen LogP contribution in [0.5, 0.6) is 0 Å². The highest BCUT2D eigenvalue weighted by atomic mass is 16.1. The number of nitrogens with two attached hydrogens (primary N) is 1. The summed E-state index contributed by atoms with van der Waals surface area (Å²) in [4.78, 5) is 14.8. The van der Waals surface area contributed by atoms with Crippen LogP contribution in [0.2, 0.25) is 0 Å². The number of hydrogen-bond donors (Lipinski definition) is 2. The van der Waals surface area contributed by atoms with Crippen LogP contribution in [0.25, 0.3) is 0 Å². The largest absolute Gasteiger partial charge is 0.354 e. The van der Waals surface area contributed by atoms with E-state index in [-0.39, 0.29) is 23.4 Å². The van der Waals surface area contributed by atoms with Crippen LogP contribution in [0, 0.1) is 5.92 Å². The maximum absolute atomic E-state index is 12.7. The van der Waals surface area contributed by atoms with Crippen molar-refractivity contribution in [2.24, 2.45) is 11.7 Å². The fourth-order valence-electron chi connectivity index (χ4n) is 3.68. The SMILES string of the molecule is CCc1ccc(C(CNC(=O)C2CCCCC2(C)N)N(C)C)cc1. The minimum atomic E-state index is -0.376. The molecule has 1 aliphatic carbocycles. The third-order valence-electron chi connectivity index (χ3n) is 5.44. The van der Waals surface area contributed by atoms with Gasteiger partial charge in [0.05, 0.1) is 12.0 Å². The Kier molecular flexibility index (Phi) is 6.41. The predicted molar refractivity (Wildman–Crippen MR) is 99.8 cm³/mol. The van der Waals surface area contributed by atoms with E-state index in [1.54, 1.807) is 0 Å². The first-order valence-electron chi connectivity index (χ1n) is 9.17. The number of nitrogens with zero attached hydrogens (tertiary/aromatic N) is 1. The van der Waals surface area contributed by atoms with E-state index in [2.05, 4.69) is 55.5 Å². The summed E-state index contributed by atoms with van der Waals surface area (Å²) < 4.78 is 0. The monoisotopic (exact) mass is 331 g/mol. The van der Waals surface area contributed by atoms with E-state index in [1.165, 1.54) is 11.1 Å². The Morgan fingerprint density at radius 1 is 1.33 bits per heavy atom. The first-order chi connectivity index (χ1) is 11.3. The highest BCUT2D eigenvalue weighted by Gasteiger charge is 2.37. The van der Waals surface area contributed by atoms with Crippen LogP contribution in [0.15, 0.2) is 24.3 Å². The van der Waals surface area contributed by atoms with Crippen LogP contribution in [-0.2, 0) is 11.2 Å². The van der Waals surface area contributed by atoms with Crippen molar-refractivity contribution in [1.82, 2.24) is 10.2 Å². The molecule has 1 aromatic carbocycles. The van der Waals surface area contributed by atoms with Gasteiger partial charge in [-0.2, -0.15) is 0 Å². The van der Waals surface area contributed by atoms with E-state index in [0.717, 1.165) is 32.1 Å². The van der Waals surface area contributed by atoms with Crippen molar-refractivity contribution in [2.45, 2.75) is 57.5 Å². The fourth-order valence-corrected chi connectivity index (χ4v) is 3.68. The first kappa shape index (κ1) is 18.9. The van der Waals surface area contributed by atoms with Gasteiger partial charge in [-0.1, -0.05) is 44.0 Å². The summed E-state index contributed by atoms with van der Waals surface area (Å²) in [7, 11) is 4.11. The van der Waals surface area contributed by atoms with Gasteiger partial charge in [0.15, 0.2) is 0 Å². The van der Waals surface area contributed by atoms with Gasteiger partial charge >= 0.3 is 0 Å². The molecule has 1 fully saturated rings. The van der Waals surface area contributed by atoms with Gasteiger partial charge in [0.25, 0.3) is 0 Å². The lowest BCUT2D eigenvalue weighted by Crippen LogP contribution is -2.53. The highest BCUT2D eigenvalue weighted by molar-refractivity contribution is 5.80. The summed E-state index contributed by atoms with van der Waals surface area (Å²) in [6.07, 6.45) is 5.10. The molecule has 1 amide bonds. The second-order valence-corrected chi connectivity index (χ2v) is 7.62. The number of likely N-dealkylation sites (N-methyl/N-ethyl adjacent to an activating group) is 1. The molecule has 24 heavy (non-hydrogen) atoms. The smallest absolute Gasteiger partial charge is 0.225 e. The minimum Gasteiger partial charge on any atom is -0.354 e. The molecule has 3 atom stereocenters. The molecule has 0 radical (unpaired) electrons. The van der Waals surface area contributed by atoms with Crippen LogP contribution in [0.4, 0.5) is 0 Å². The van der Waals surface area contributed by atoms with E-state index in [9.17, 15) is 4.79 Å². The number of amides is 1. The molecule has 0 bridgehead atoms. The quantitative estimate of drug-likeness (QED) is 0.843. The highest BCUT2D eigenvalue weighted by Crippen LogP contribution is 2.31. The lowest BCUT2D eigenvalue weighted by Gasteiger charge is -2.37. The third kappa shape index (κ3) is 4.58. The molecule has 0 heterocycles. The number of benzene rings is 1. The van der Waals surface area contributed by atoms with Gasteiger partial charge in [-0.3, -0.25) is 4.79 Å². The van der Waals surface area contributed by atoms with E-state index in [4.69, 9.17) is 5.73 Å². The summed E-state index contributed by atoms with van der Waals surface area (Å²) in [5.74, 6) is 0.0354. The molecule has 0 aliphatic heterocycles. The van der Waals surface area contributed by atoms with Gasteiger partial charge in [-0.15, -0.1) is 0 Å². The Labute approximate surface area is 146 Å². The molecule has 134 valence electrons. The summed E-state index contributed by atoms with van der Waals surface area (Å²) in [6, 6.07) is 8.86. The number of nitrogens with one attached hydrogen (secondary N) is 1. The van der Waals surface area contributed by atoms with Crippen molar-refractivity contribution in [3.8, 4) is 0 Å². The molecular weight excluding hydrogens is 298 g/mol. The maximum atomic E-state index is 12.7. The summed E-state index contributed by atoms with van der Waals surface area (Å²) >= 11 is 0. The molecule has 1 saturated carbocycles. The van der Waals surface area contributed by atoms with Crippen molar-refractivity contribution in [3.05, 3.63) is 35.4 Å². The minimum absolute atomic E-state index is 0.0727. The Morgan fingerprint density at radius 2 is 2.00 bits per heavy atom. The van der Waals surface area contributed by atoms with Crippen molar-refractivity contribution < 1.29 is 4.79 Å². The molecule has 1 aliphatic rings. The Hall–Kier alpha value is -1.39. The number of aryl methyl sites for hydroxylation is 1. The third-order valence-corrected chi connectivity index (χ3v) is 5.44. The van der Waals surface area contributed by atoms with Crippen molar-refractivity contribution in [2.75, 3.05) is 20.6 Å². The van der Waals surface area contributed by atoms with Crippen LogP contribution in [0.1, 0.15) is 56.7 Å². The number of hydrogen-bond acceptors (Lipinski definition) is 3. The van der Waals surface area contributed by atoms with Gasteiger partial charge in [-0.05, 0) is 51.4 Å². The summed E-state index contributed by atoms with van der Waals surface area (Å²) in [5.41, 5.74) is 8.55.